The van der Waals surface area contributed by atoms with Gasteiger partial charge in [-0.05, 0) is 19.8 Å². The van der Waals surface area contributed by atoms with Crippen molar-refractivity contribution in [3.63, 3.8) is 0 Å². The van der Waals surface area contributed by atoms with Crippen LogP contribution in [0.25, 0.3) is 0 Å². The van der Waals surface area contributed by atoms with E-state index in [1.165, 1.54) is 25.7 Å². The van der Waals surface area contributed by atoms with Gasteiger partial charge in [-0.3, -0.25) is 5.43 Å². The molecule has 1 aromatic rings. The van der Waals surface area contributed by atoms with Crippen LogP contribution >= 0.6 is 11.3 Å². The molecule has 17 heavy (non-hydrogen) atoms. The van der Waals surface area contributed by atoms with Gasteiger partial charge >= 0.3 is 0 Å². The first-order chi connectivity index (χ1) is 8.29. The van der Waals surface area contributed by atoms with Crippen molar-refractivity contribution in [2.75, 3.05) is 0 Å². The summed E-state index contributed by atoms with van der Waals surface area (Å²) in [5, 5.41) is 6.27. The molecule has 1 heterocycles. The van der Waals surface area contributed by atoms with Crippen molar-refractivity contribution < 1.29 is 0 Å². The summed E-state index contributed by atoms with van der Waals surface area (Å²) in [6, 6.07) is 0.545. The van der Waals surface area contributed by atoms with E-state index in [1.54, 1.807) is 11.3 Å². The number of nitrogens with one attached hydrogen (secondary N) is 2. The Morgan fingerprint density at radius 3 is 2.94 bits per heavy atom. The fourth-order valence-corrected chi connectivity index (χ4v) is 2.69. The molecule has 1 aliphatic rings. The number of aromatic nitrogens is 1. The first-order valence-electron chi connectivity index (χ1n) is 6.00. The summed E-state index contributed by atoms with van der Waals surface area (Å²) in [6.45, 7) is 2.06. The Kier molecular flexibility index (Phi) is 4.33. The van der Waals surface area contributed by atoms with Crippen molar-refractivity contribution in [1.82, 2.24) is 15.7 Å². The standard InChI is InChI=1S/C11H19N5S/c1-8(10-13-6-7-17-10)14-11(16-12)15-9-4-2-3-5-9/h6-9H,2-5,12H2,1H3,(H2,14,15,16). The molecule has 0 radical (unpaired) electrons. The topological polar surface area (TPSA) is 75.3 Å². The van der Waals surface area contributed by atoms with E-state index >= 15 is 0 Å². The molecule has 0 bridgehead atoms. The Morgan fingerprint density at radius 1 is 1.59 bits per heavy atom. The van der Waals surface area contributed by atoms with Crippen molar-refractivity contribution in [2.24, 2.45) is 10.8 Å². The Hall–Kier alpha value is -1.14. The highest BCUT2D eigenvalue weighted by Gasteiger charge is 2.16. The van der Waals surface area contributed by atoms with Gasteiger partial charge in [0.2, 0.25) is 5.96 Å². The lowest BCUT2D eigenvalue weighted by atomic mass is 10.3. The summed E-state index contributed by atoms with van der Waals surface area (Å²) in [5.41, 5.74) is 2.64. The van der Waals surface area contributed by atoms with E-state index in [2.05, 4.69) is 27.6 Å². The fourth-order valence-electron chi connectivity index (χ4n) is 2.05. The molecule has 5 nitrogen and oxygen atoms in total. The van der Waals surface area contributed by atoms with Crippen LogP contribution in [-0.4, -0.2) is 17.0 Å². The second-order valence-electron chi connectivity index (χ2n) is 4.30. The lowest BCUT2D eigenvalue weighted by molar-refractivity contribution is 0.650. The van der Waals surface area contributed by atoms with Gasteiger partial charge in [-0.2, -0.15) is 0 Å². The average Bonchev–Trinajstić information content (AvgIpc) is 3.00. The molecule has 1 unspecified atom stereocenters. The zero-order valence-corrected chi connectivity index (χ0v) is 10.8. The Bertz CT molecular complexity index is 356. The zero-order chi connectivity index (χ0) is 12.1. The minimum absolute atomic E-state index is 0.131. The number of guanidine groups is 1. The number of thiazole rings is 1. The third kappa shape index (κ3) is 3.41. The number of nitrogens with two attached hydrogens (primary N) is 1. The van der Waals surface area contributed by atoms with E-state index < -0.39 is 0 Å². The largest absolute Gasteiger partial charge is 0.346 e. The third-order valence-electron chi connectivity index (χ3n) is 2.95. The van der Waals surface area contributed by atoms with Gasteiger partial charge in [0, 0.05) is 11.6 Å². The maximum atomic E-state index is 5.49. The zero-order valence-electron chi connectivity index (χ0n) is 10.0. The van der Waals surface area contributed by atoms with Gasteiger partial charge in [0.15, 0.2) is 0 Å². The highest BCUT2D eigenvalue weighted by atomic mass is 32.1. The van der Waals surface area contributed by atoms with Crippen LogP contribution in [0.4, 0.5) is 0 Å². The van der Waals surface area contributed by atoms with Gasteiger partial charge in [0.05, 0.1) is 12.1 Å². The second kappa shape index (κ2) is 5.97. The second-order valence-corrected chi connectivity index (χ2v) is 5.22. The molecule has 0 spiro atoms. The maximum absolute atomic E-state index is 5.49. The number of rotatable bonds is 3. The molecule has 1 aromatic heterocycles. The number of nitrogens with zero attached hydrogens (tertiary/aromatic N) is 2. The summed E-state index contributed by atoms with van der Waals surface area (Å²) in [5.74, 6) is 6.16. The molecule has 0 amide bonds. The fraction of sp³-hybridized carbons (Fsp3) is 0.636. The number of hydrogen-bond acceptors (Lipinski definition) is 4. The molecule has 1 saturated carbocycles. The monoisotopic (exact) mass is 253 g/mol. The smallest absolute Gasteiger partial charge is 0.206 e. The summed E-state index contributed by atoms with van der Waals surface area (Å²) in [7, 11) is 0. The van der Waals surface area contributed by atoms with E-state index in [1.807, 2.05) is 11.6 Å². The Balaban J connectivity index is 1.94. The van der Waals surface area contributed by atoms with Crippen molar-refractivity contribution in [3.05, 3.63) is 16.6 Å². The molecule has 0 saturated heterocycles. The molecular formula is C11H19N5S. The number of hydrazine groups is 1. The van der Waals surface area contributed by atoms with Gasteiger partial charge in [-0.25, -0.2) is 15.8 Å². The summed E-state index contributed by atoms with van der Waals surface area (Å²) in [6.07, 6.45) is 6.68. The number of aliphatic imine (C=N–C) groups is 1. The van der Waals surface area contributed by atoms with Gasteiger partial charge in [-0.15, -0.1) is 11.3 Å². The van der Waals surface area contributed by atoms with Gasteiger partial charge in [0.1, 0.15) is 5.01 Å². The molecule has 2 rings (SSSR count). The van der Waals surface area contributed by atoms with Crippen LogP contribution in [0.1, 0.15) is 43.7 Å². The first kappa shape index (κ1) is 12.3. The highest BCUT2D eigenvalue weighted by molar-refractivity contribution is 7.09. The average molecular weight is 253 g/mol. The molecule has 6 heteroatoms. The lowest BCUT2D eigenvalue weighted by Crippen LogP contribution is -2.43. The molecule has 0 aliphatic heterocycles. The van der Waals surface area contributed by atoms with Crippen LogP contribution in [0.2, 0.25) is 0 Å². The van der Waals surface area contributed by atoms with Crippen molar-refractivity contribution >= 4 is 17.3 Å². The Labute approximate surface area is 106 Å². The highest BCUT2D eigenvalue weighted by Crippen LogP contribution is 2.21. The van der Waals surface area contributed by atoms with Crippen LogP contribution in [0, 0.1) is 0 Å². The van der Waals surface area contributed by atoms with Crippen molar-refractivity contribution in [3.8, 4) is 0 Å². The predicted octanol–water partition coefficient (Wildman–Crippen LogP) is 1.56. The Morgan fingerprint density at radius 2 is 2.35 bits per heavy atom. The van der Waals surface area contributed by atoms with Crippen molar-refractivity contribution in [1.29, 1.82) is 0 Å². The minimum Gasteiger partial charge on any atom is -0.346 e. The predicted molar refractivity (Wildman–Crippen MR) is 70.7 cm³/mol. The molecule has 4 N–H and O–H groups in total. The minimum atomic E-state index is 0.131. The maximum Gasteiger partial charge on any atom is 0.206 e. The van der Waals surface area contributed by atoms with Crippen LogP contribution in [0.15, 0.2) is 16.6 Å². The summed E-state index contributed by atoms with van der Waals surface area (Å²) >= 11 is 1.63. The third-order valence-corrected chi connectivity index (χ3v) is 3.91. The summed E-state index contributed by atoms with van der Waals surface area (Å²) < 4.78 is 0. The normalized spacial score (nSPS) is 19.3. The van der Waals surface area contributed by atoms with Gasteiger partial charge < -0.3 is 5.32 Å². The van der Waals surface area contributed by atoms with Crippen LogP contribution < -0.4 is 16.6 Å². The van der Waals surface area contributed by atoms with E-state index in [4.69, 9.17) is 5.84 Å². The van der Waals surface area contributed by atoms with Crippen molar-refractivity contribution in [2.45, 2.75) is 44.7 Å². The first-order valence-corrected chi connectivity index (χ1v) is 6.88. The van der Waals surface area contributed by atoms with Crippen LogP contribution in [0.5, 0.6) is 0 Å². The SMILES string of the molecule is CC(NC(=NC1CCCC1)NN)c1nccs1. The lowest BCUT2D eigenvalue weighted by Gasteiger charge is -2.15. The van der Waals surface area contributed by atoms with E-state index in [9.17, 15) is 0 Å². The molecule has 1 fully saturated rings. The molecule has 94 valence electrons. The van der Waals surface area contributed by atoms with Crippen LogP contribution in [-0.2, 0) is 0 Å². The number of hydrogen-bond donors (Lipinski definition) is 3. The quantitative estimate of drug-likeness (QED) is 0.331. The molecular weight excluding hydrogens is 234 g/mol. The van der Waals surface area contributed by atoms with E-state index in [0.29, 0.717) is 12.0 Å². The van der Waals surface area contributed by atoms with Gasteiger partial charge in [-0.1, -0.05) is 12.8 Å². The van der Waals surface area contributed by atoms with Crippen LogP contribution in [0.3, 0.4) is 0 Å². The van der Waals surface area contributed by atoms with E-state index in [-0.39, 0.29) is 6.04 Å². The summed E-state index contributed by atoms with van der Waals surface area (Å²) in [4.78, 5) is 8.86. The van der Waals surface area contributed by atoms with E-state index in [0.717, 1.165) is 5.01 Å². The molecule has 0 aromatic carbocycles. The van der Waals surface area contributed by atoms with Gasteiger partial charge in [0.25, 0.3) is 0 Å². The molecule has 1 atom stereocenters. The molecule has 1 aliphatic carbocycles.